The van der Waals surface area contributed by atoms with E-state index in [2.05, 4.69) is 15.2 Å². The zero-order chi connectivity index (χ0) is 14.3. The molecule has 0 amide bonds. The minimum atomic E-state index is -0.789. The molecule has 3 aromatic rings. The lowest BCUT2D eigenvalue weighted by Gasteiger charge is -2.09. The van der Waals surface area contributed by atoms with Crippen molar-refractivity contribution in [3.05, 3.63) is 46.2 Å². The lowest BCUT2D eigenvalue weighted by molar-refractivity contribution is 0.224. The number of nitrogens with zero attached hydrogens (tertiary/aromatic N) is 3. The third-order valence-corrected chi connectivity index (χ3v) is 4.55. The van der Waals surface area contributed by atoms with Gasteiger partial charge >= 0.3 is 0 Å². The summed E-state index contributed by atoms with van der Waals surface area (Å²) >= 11 is 1.37. The zero-order valence-corrected chi connectivity index (χ0v) is 12.0. The third-order valence-electron chi connectivity index (χ3n) is 3.41. The van der Waals surface area contributed by atoms with Gasteiger partial charge in [0.2, 0.25) is 0 Å². The Morgan fingerprint density at radius 1 is 1.30 bits per heavy atom. The van der Waals surface area contributed by atoms with Gasteiger partial charge in [0.1, 0.15) is 10.9 Å². The summed E-state index contributed by atoms with van der Waals surface area (Å²) in [6.07, 6.45) is 2.52. The van der Waals surface area contributed by atoms with E-state index in [1.807, 2.05) is 19.9 Å². The molecule has 0 radical (unpaired) electrons. The molecule has 0 aliphatic carbocycles. The molecule has 6 heteroatoms. The van der Waals surface area contributed by atoms with Gasteiger partial charge in [-0.2, -0.15) is 5.10 Å². The standard InChI is InChI=1S/C14H14N4OS/c1-7-8(2)17-18-14-10(7)11(15)13(20-14)12(19)9-4-3-5-16-6-9/h3-6,12,19H,15H2,1-2H3. The number of nitrogens with two attached hydrogens (primary N) is 1. The number of aromatic nitrogens is 3. The smallest absolute Gasteiger partial charge is 0.148 e. The highest BCUT2D eigenvalue weighted by Gasteiger charge is 2.21. The maximum Gasteiger partial charge on any atom is 0.148 e. The van der Waals surface area contributed by atoms with Crippen LogP contribution < -0.4 is 5.73 Å². The Hall–Kier alpha value is -2.05. The topological polar surface area (TPSA) is 84.9 Å². The van der Waals surface area contributed by atoms with Crippen molar-refractivity contribution in [2.75, 3.05) is 5.73 Å². The Bertz CT molecular complexity index is 770. The molecular weight excluding hydrogens is 272 g/mol. The van der Waals surface area contributed by atoms with Gasteiger partial charge in [0.05, 0.1) is 16.3 Å². The Labute approximate surface area is 120 Å². The van der Waals surface area contributed by atoms with Crippen molar-refractivity contribution in [1.82, 2.24) is 15.2 Å². The van der Waals surface area contributed by atoms with E-state index in [0.29, 0.717) is 16.1 Å². The maximum absolute atomic E-state index is 10.5. The highest BCUT2D eigenvalue weighted by molar-refractivity contribution is 7.19. The van der Waals surface area contributed by atoms with Crippen LogP contribution in [0.1, 0.15) is 27.8 Å². The van der Waals surface area contributed by atoms with E-state index >= 15 is 0 Å². The first-order valence-corrected chi connectivity index (χ1v) is 7.01. The van der Waals surface area contributed by atoms with Gasteiger partial charge in [-0.1, -0.05) is 6.07 Å². The Morgan fingerprint density at radius 3 is 2.80 bits per heavy atom. The number of thiophene rings is 1. The number of hydrogen-bond acceptors (Lipinski definition) is 6. The highest BCUT2D eigenvalue weighted by Crippen LogP contribution is 2.40. The van der Waals surface area contributed by atoms with Gasteiger partial charge in [0, 0.05) is 23.3 Å². The second-order valence-electron chi connectivity index (χ2n) is 4.66. The number of nitrogen functional groups attached to an aromatic ring is 1. The van der Waals surface area contributed by atoms with Crippen molar-refractivity contribution >= 4 is 27.2 Å². The predicted octanol–water partition coefficient (Wildman–Crippen LogP) is 2.37. The van der Waals surface area contributed by atoms with E-state index < -0.39 is 6.10 Å². The van der Waals surface area contributed by atoms with E-state index in [9.17, 15) is 5.11 Å². The number of aryl methyl sites for hydroxylation is 2. The van der Waals surface area contributed by atoms with Crippen LogP contribution in [0.25, 0.3) is 10.2 Å². The van der Waals surface area contributed by atoms with E-state index in [-0.39, 0.29) is 0 Å². The maximum atomic E-state index is 10.5. The summed E-state index contributed by atoms with van der Waals surface area (Å²) in [5.74, 6) is 0. The molecule has 3 heterocycles. The van der Waals surface area contributed by atoms with Crippen molar-refractivity contribution in [3.8, 4) is 0 Å². The van der Waals surface area contributed by atoms with Crippen LogP contribution in [0.3, 0.4) is 0 Å². The summed E-state index contributed by atoms with van der Waals surface area (Å²) in [5.41, 5.74) is 9.36. The van der Waals surface area contributed by atoms with E-state index in [4.69, 9.17) is 5.73 Å². The number of hydrogen-bond donors (Lipinski definition) is 2. The first kappa shape index (κ1) is 13.0. The molecule has 0 fully saturated rings. The van der Waals surface area contributed by atoms with Crippen molar-refractivity contribution < 1.29 is 5.11 Å². The SMILES string of the molecule is Cc1nnc2sc(C(O)c3cccnc3)c(N)c2c1C. The molecule has 0 bridgehead atoms. The lowest BCUT2D eigenvalue weighted by atomic mass is 10.1. The summed E-state index contributed by atoms with van der Waals surface area (Å²) in [6.45, 7) is 3.87. The first-order valence-electron chi connectivity index (χ1n) is 6.19. The zero-order valence-electron chi connectivity index (χ0n) is 11.2. The average Bonchev–Trinajstić information content (AvgIpc) is 2.81. The first-order chi connectivity index (χ1) is 9.59. The molecule has 102 valence electrons. The van der Waals surface area contributed by atoms with Crippen LogP contribution in [0.2, 0.25) is 0 Å². The summed E-state index contributed by atoms with van der Waals surface area (Å²) in [7, 11) is 0. The number of anilines is 1. The van der Waals surface area contributed by atoms with Crippen LogP contribution in [0.5, 0.6) is 0 Å². The summed E-state index contributed by atoms with van der Waals surface area (Å²) < 4.78 is 0. The molecule has 5 nitrogen and oxygen atoms in total. The predicted molar refractivity (Wildman–Crippen MR) is 79.6 cm³/mol. The molecule has 3 rings (SSSR count). The van der Waals surface area contributed by atoms with Gasteiger partial charge in [-0.3, -0.25) is 4.98 Å². The van der Waals surface area contributed by atoms with Crippen molar-refractivity contribution in [2.24, 2.45) is 0 Å². The highest BCUT2D eigenvalue weighted by atomic mass is 32.1. The molecule has 0 saturated carbocycles. The van der Waals surface area contributed by atoms with Crippen LogP contribution in [0.15, 0.2) is 24.5 Å². The lowest BCUT2D eigenvalue weighted by Crippen LogP contribution is -2.01. The van der Waals surface area contributed by atoms with Gasteiger partial charge in [0.15, 0.2) is 0 Å². The molecule has 1 unspecified atom stereocenters. The third kappa shape index (κ3) is 1.93. The average molecular weight is 286 g/mol. The fraction of sp³-hybridized carbons (Fsp3) is 0.214. The quantitative estimate of drug-likeness (QED) is 0.755. The molecule has 0 aliphatic rings. The van der Waals surface area contributed by atoms with Crippen LogP contribution in [-0.2, 0) is 0 Å². The Kier molecular flexibility index (Phi) is 3.11. The summed E-state index contributed by atoms with van der Waals surface area (Å²) in [5, 5.41) is 19.6. The Balaban J connectivity index is 2.18. The van der Waals surface area contributed by atoms with Crippen LogP contribution in [0.4, 0.5) is 5.69 Å². The summed E-state index contributed by atoms with van der Waals surface area (Å²) in [4.78, 5) is 5.47. The van der Waals surface area contributed by atoms with Crippen molar-refractivity contribution in [2.45, 2.75) is 20.0 Å². The second-order valence-corrected chi connectivity index (χ2v) is 5.69. The van der Waals surface area contributed by atoms with Crippen LogP contribution in [0, 0.1) is 13.8 Å². The van der Waals surface area contributed by atoms with Gasteiger partial charge in [-0.25, -0.2) is 0 Å². The molecule has 20 heavy (non-hydrogen) atoms. The van der Waals surface area contributed by atoms with Crippen LogP contribution in [-0.4, -0.2) is 20.3 Å². The molecule has 3 N–H and O–H groups in total. The number of rotatable bonds is 2. The molecular formula is C14H14N4OS. The fourth-order valence-electron chi connectivity index (χ4n) is 2.15. The molecule has 0 saturated heterocycles. The Morgan fingerprint density at radius 2 is 2.10 bits per heavy atom. The molecule has 1 atom stereocenters. The minimum Gasteiger partial charge on any atom is -0.397 e. The van der Waals surface area contributed by atoms with E-state index in [1.165, 1.54) is 11.3 Å². The number of aliphatic hydroxyl groups excluding tert-OH is 1. The number of aliphatic hydroxyl groups is 1. The molecule has 3 aromatic heterocycles. The van der Waals surface area contributed by atoms with Gasteiger partial charge in [0.25, 0.3) is 0 Å². The summed E-state index contributed by atoms with van der Waals surface area (Å²) in [6, 6.07) is 3.61. The fourth-order valence-corrected chi connectivity index (χ4v) is 3.26. The minimum absolute atomic E-state index is 0.580. The monoisotopic (exact) mass is 286 g/mol. The van der Waals surface area contributed by atoms with E-state index in [0.717, 1.165) is 21.5 Å². The van der Waals surface area contributed by atoms with Crippen LogP contribution >= 0.6 is 11.3 Å². The van der Waals surface area contributed by atoms with Gasteiger partial charge in [-0.15, -0.1) is 16.4 Å². The largest absolute Gasteiger partial charge is 0.397 e. The van der Waals surface area contributed by atoms with Gasteiger partial charge in [-0.05, 0) is 25.5 Å². The second kappa shape index (κ2) is 4.81. The molecule has 0 aromatic carbocycles. The normalized spacial score (nSPS) is 12.8. The van der Waals surface area contributed by atoms with Gasteiger partial charge < -0.3 is 10.8 Å². The van der Waals surface area contributed by atoms with Crippen molar-refractivity contribution in [3.63, 3.8) is 0 Å². The molecule has 0 spiro atoms. The van der Waals surface area contributed by atoms with Crippen molar-refractivity contribution in [1.29, 1.82) is 0 Å². The number of pyridine rings is 1. The molecule has 0 aliphatic heterocycles. The number of fused-ring (bicyclic) bond motifs is 1. The van der Waals surface area contributed by atoms with E-state index in [1.54, 1.807) is 18.5 Å².